The average molecular weight is 937 g/mol. The van der Waals surface area contributed by atoms with Gasteiger partial charge in [-0.1, -0.05) is 23.7 Å². The van der Waals surface area contributed by atoms with E-state index in [1.165, 1.54) is 12.3 Å². The molecule has 2 fully saturated rings. The third kappa shape index (κ3) is 8.78. The molecule has 3 aliphatic rings. The van der Waals surface area contributed by atoms with Gasteiger partial charge in [0.2, 0.25) is 0 Å². The highest BCUT2D eigenvalue weighted by atomic mass is 35.5. The Morgan fingerprint density at radius 1 is 1.05 bits per heavy atom. The molecule has 5 aromatic rings. The van der Waals surface area contributed by atoms with E-state index in [0.29, 0.717) is 18.5 Å². The molecule has 3 aromatic heterocycles. The van der Waals surface area contributed by atoms with Crippen LogP contribution in [0.25, 0.3) is 32.1 Å². The van der Waals surface area contributed by atoms with Gasteiger partial charge in [0, 0.05) is 34.8 Å². The van der Waals surface area contributed by atoms with Crippen molar-refractivity contribution in [1.29, 1.82) is 5.26 Å². The van der Waals surface area contributed by atoms with E-state index in [1.807, 2.05) is 17.9 Å². The van der Waals surface area contributed by atoms with Crippen molar-refractivity contribution < 1.29 is 46.1 Å². The maximum absolute atomic E-state index is 17.9. The number of carbonyl (C=O) groups excluding carboxylic acids is 2. The lowest BCUT2D eigenvalue weighted by Gasteiger charge is -2.32. The predicted octanol–water partition coefficient (Wildman–Crippen LogP) is 11.1. The fourth-order valence-electron chi connectivity index (χ4n) is 8.67. The Balaban J connectivity index is 1.30. The third-order valence-electron chi connectivity index (χ3n) is 11.4. The molecule has 6 heterocycles. The Bertz CT molecular complexity index is 2840. The summed E-state index contributed by atoms with van der Waals surface area (Å²) in [6.07, 6.45) is -0.437. The number of pyridine rings is 1. The van der Waals surface area contributed by atoms with Crippen LogP contribution in [0.5, 0.6) is 11.8 Å². The number of fused-ring (bicyclic) bond motifs is 2. The van der Waals surface area contributed by atoms with Crippen LogP contribution in [0.15, 0.2) is 42.1 Å². The largest absolute Gasteiger partial charge is 0.489 e. The van der Waals surface area contributed by atoms with Crippen LogP contribution in [0.4, 0.5) is 43.8 Å². The summed E-state index contributed by atoms with van der Waals surface area (Å²) in [5.41, 5.74) is -2.66. The van der Waals surface area contributed by atoms with E-state index < -0.39 is 52.7 Å². The van der Waals surface area contributed by atoms with Crippen molar-refractivity contribution >= 4 is 72.8 Å². The molecule has 0 unspecified atom stereocenters. The molecule has 2 atom stereocenters. The third-order valence-corrected chi connectivity index (χ3v) is 12.8. The van der Waals surface area contributed by atoms with E-state index in [0.717, 1.165) is 23.8 Å². The van der Waals surface area contributed by atoms with Crippen LogP contribution >= 0.6 is 22.9 Å². The Kier molecular flexibility index (Phi) is 12.0. The number of thiophene rings is 1. The molecular weight excluding hydrogens is 892 g/mol. The lowest BCUT2D eigenvalue weighted by atomic mass is 9.94. The molecule has 0 radical (unpaired) electrons. The maximum atomic E-state index is 17.9. The van der Waals surface area contributed by atoms with Gasteiger partial charge in [-0.3, -0.25) is 15.5 Å². The van der Waals surface area contributed by atoms with Gasteiger partial charge in [-0.05, 0) is 92.0 Å². The maximum Gasteiger partial charge on any atom is 0.413 e. The minimum absolute atomic E-state index is 0.0000158. The monoisotopic (exact) mass is 936 g/mol. The molecule has 8 rings (SSSR count). The molecule has 0 bridgehead atoms. The number of hydrogen-bond donors (Lipinski definition) is 2. The van der Waals surface area contributed by atoms with Crippen molar-refractivity contribution in [2.75, 3.05) is 48.4 Å². The van der Waals surface area contributed by atoms with Gasteiger partial charge in [-0.15, -0.1) is 11.3 Å². The van der Waals surface area contributed by atoms with Crippen molar-refractivity contribution in [1.82, 2.24) is 19.9 Å². The summed E-state index contributed by atoms with van der Waals surface area (Å²) in [5.74, 6) is -1.43. The first kappa shape index (κ1) is 45.6. The summed E-state index contributed by atoms with van der Waals surface area (Å²) in [7, 11) is 0. The first-order valence-corrected chi connectivity index (χ1v) is 22.0. The summed E-state index contributed by atoms with van der Waals surface area (Å²) in [6.45, 7) is 12.7. The number of nitrogens with zero attached hydrogens (tertiary/aromatic N) is 6. The number of nitriles is 1. The van der Waals surface area contributed by atoms with Crippen LogP contribution in [-0.4, -0.2) is 81.6 Å². The lowest BCUT2D eigenvalue weighted by molar-refractivity contribution is 0.0624. The van der Waals surface area contributed by atoms with Crippen LogP contribution < -0.4 is 25.0 Å². The summed E-state index contributed by atoms with van der Waals surface area (Å²) in [4.78, 5) is 43.4. The zero-order chi connectivity index (χ0) is 46.7. The molecule has 0 aliphatic carbocycles. The van der Waals surface area contributed by atoms with E-state index in [-0.39, 0.29) is 109 Å². The molecule has 2 aromatic carbocycles. The zero-order valence-electron chi connectivity index (χ0n) is 36.6. The highest BCUT2D eigenvalue weighted by Crippen LogP contribution is 2.52. The number of nitrogens with one attached hydrogen (secondary N) is 2. The molecule has 342 valence electrons. The van der Waals surface area contributed by atoms with Gasteiger partial charge < -0.3 is 23.8 Å². The summed E-state index contributed by atoms with van der Waals surface area (Å²) in [5, 5.41) is 15.5. The van der Waals surface area contributed by atoms with Gasteiger partial charge >= 0.3 is 18.2 Å². The summed E-state index contributed by atoms with van der Waals surface area (Å²) >= 11 is 7.96. The Morgan fingerprint density at radius 2 is 1.77 bits per heavy atom. The molecule has 3 aliphatic heterocycles. The number of carbonyl (C=O) groups is 2. The van der Waals surface area contributed by atoms with Crippen molar-refractivity contribution in [3.8, 4) is 29.0 Å². The highest BCUT2D eigenvalue weighted by Gasteiger charge is 2.48. The molecular formula is C45H45ClF4N8O6S. The van der Waals surface area contributed by atoms with Gasteiger partial charge in [0.1, 0.15) is 58.5 Å². The average Bonchev–Trinajstić information content (AvgIpc) is 3.86. The molecule has 65 heavy (non-hydrogen) atoms. The van der Waals surface area contributed by atoms with Gasteiger partial charge in [0.05, 0.1) is 38.8 Å². The van der Waals surface area contributed by atoms with Crippen LogP contribution in [0.1, 0.15) is 84.9 Å². The van der Waals surface area contributed by atoms with E-state index >= 15 is 8.78 Å². The van der Waals surface area contributed by atoms with Crippen molar-refractivity contribution in [2.24, 2.45) is 0 Å². The Labute approximate surface area is 380 Å². The number of halogens is 5. The second-order valence-corrected chi connectivity index (χ2v) is 19.5. The molecule has 2 amide bonds. The van der Waals surface area contributed by atoms with Crippen molar-refractivity contribution in [3.05, 3.63) is 69.9 Å². The van der Waals surface area contributed by atoms with Crippen LogP contribution in [0.3, 0.4) is 0 Å². The van der Waals surface area contributed by atoms with Crippen LogP contribution in [-0.2, 0) is 9.47 Å². The van der Waals surface area contributed by atoms with Crippen LogP contribution in [0.2, 0.25) is 5.02 Å². The fourth-order valence-corrected chi connectivity index (χ4v) is 10.1. The zero-order valence-corrected chi connectivity index (χ0v) is 38.1. The molecule has 2 saturated heterocycles. The number of ether oxygens (including phenoxy) is 4. The predicted molar refractivity (Wildman–Crippen MR) is 238 cm³/mol. The van der Waals surface area contributed by atoms with Gasteiger partial charge in [-0.25, -0.2) is 23.4 Å². The normalized spacial score (nSPS) is 17.9. The number of hydrogen-bond acceptors (Lipinski definition) is 13. The number of benzene rings is 2. The standard InChI is InChI=1S/C45H45ClF4N8O6S/c1-22(24-10-8-14-52-37(24)54-41(59)63-43(2,3)4)58-16-17-61-34-30-33(53-40(55-38(30)58)62-21-45-13-9-15-57(45)20-23(18-45)36(49)50)32(48)29(31(34)46)25-11-12-27(47)35-28(25)26(19-51)39(65-35)56-42(60)64-44(5,6)7/h8,10-12,14,22H,9,13,15-18,20-21H2,1-7H3,(H,56,60)(H,52,54,59)/t22-,45+/m1/s1. The SMILES string of the molecule is C[C@H](c1cccnc1NC(=O)OC(C)(C)C)N1CCOc2c(Cl)c(-c3ccc(F)c4sc(NC(=O)OC(C)(C)C)c(C#N)c34)c(F)c3nc(OC[C@@]45CCCN4CC(=C(F)F)C5)nc1c23. The second-order valence-electron chi connectivity index (χ2n) is 18.1. The first-order valence-electron chi connectivity index (χ1n) is 20.8. The Hall–Kier alpha value is -5.97. The molecule has 0 saturated carbocycles. The van der Waals surface area contributed by atoms with E-state index in [9.17, 15) is 23.6 Å². The second kappa shape index (κ2) is 17.1. The van der Waals surface area contributed by atoms with E-state index in [1.54, 1.807) is 58.6 Å². The van der Waals surface area contributed by atoms with E-state index in [4.69, 9.17) is 35.5 Å². The van der Waals surface area contributed by atoms with Crippen LogP contribution in [0, 0.1) is 23.0 Å². The van der Waals surface area contributed by atoms with Gasteiger partial charge in [0.25, 0.3) is 6.08 Å². The smallest absolute Gasteiger partial charge is 0.413 e. The highest BCUT2D eigenvalue weighted by molar-refractivity contribution is 7.23. The minimum Gasteiger partial charge on any atom is -0.489 e. The molecule has 2 N–H and O–H groups in total. The summed E-state index contributed by atoms with van der Waals surface area (Å²) < 4.78 is 84.9. The molecule has 20 heteroatoms. The van der Waals surface area contributed by atoms with Gasteiger partial charge in [0.15, 0.2) is 11.6 Å². The minimum atomic E-state index is -1.73. The number of amides is 2. The topological polar surface area (TPSA) is 164 Å². The first-order chi connectivity index (χ1) is 30.7. The fraction of sp³-hybridized carbons (Fsp3) is 0.422. The Morgan fingerprint density at radius 3 is 2.46 bits per heavy atom. The number of aromatic nitrogens is 3. The van der Waals surface area contributed by atoms with Crippen molar-refractivity contribution in [2.45, 2.75) is 90.5 Å². The van der Waals surface area contributed by atoms with Crippen molar-refractivity contribution in [3.63, 3.8) is 0 Å². The lowest BCUT2D eigenvalue weighted by Crippen LogP contribution is -2.43. The van der Waals surface area contributed by atoms with E-state index in [2.05, 4.69) is 20.6 Å². The molecule has 0 spiro atoms. The van der Waals surface area contributed by atoms with Gasteiger partial charge in [-0.2, -0.15) is 24.0 Å². The summed E-state index contributed by atoms with van der Waals surface area (Å²) in [6, 6.07) is 6.93. The quantitative estimate of drug-likeness (QED) is 0.142. The number of anilines is 3. The number of rotatable bonds is 8. The molecule has 14 nitrogen and oxygen atoms in total.